The Morgan fingerprint density at radius 1 is 1.62 bits per heavy atom. The minimum absolute atomic E-state index is 0.210. The predicted molar refractivity (Wildman–Crippen MR) is 50.4 cm³/mol. The van der Waals surface area contributed by atoms with Crippen LogP contribution in [0.5, 0.6) is 0 Å². The fraction of sp³-hybridized carbons (Fsp3) is 0.889. The first kappa shape index (κ1) is 12.4. The smallest absolute Gasteiger partial charge is 0.306 e. The van der Waals surface area contributed by atoms with E-state index in [0.717, 1.165) is 6.42 Å². The fourth-order valence-electron chi connectivity index (χ4n) is 0.964. The summed E-state index contributed by atoms with van der Waals surface area (Å²) in [5, 5.41) is 9.29. The Balaban J connectivity index is 3.50. The van der Waals surface area contributed by atoms with E-state index in [1.807, 2.05) is 18.9 Å². The Hall–Kier alpha value is -0.610. The number of esters is 1. The van der Waals surface area contributed by atoms with E-state index in [0.29, 0.717) is 19.5 Å². The van der Waals surface area contributed by atoms with Crippen molar-refractivity contribution in [2.75, 3.05) is 27.2 Å². The molecule has 0 aromatic carbocycles. The van der Waals surface area contributed by atoms with Crippen LogP contribution in [0, 0.1) is 0 Å². The number of hydrogen-bond acceptors (Lipinski definition) is 4. The van der Waals surface area contributed by atoms with Gasteiger partial charge in [0, 0.05) is 13.1 Å². The minimum Gasteiger partial charge on any atom is -0.469 e. The molecule has 78 valence electrons. The average Bonchev–Trinajstić information content (AvgIpc) is 2.13. The Morgan fingerprint density at radius 3 is 2.69 bits per heavy atom. The number of ether oxygens (including phenoxy) is 1. The molecule has 1 atom stereocenters. The van der Waals surface area contributed by atoms with Crippen LogP contribution in [0.2, 0.25) is 0 Å². The largest absolute Gasteiger partial charge is 0.469 e. The highest BCUT2D eigenvalue weighted by Gasteiger charge is 2.07. The summed E-state index contributed by atoms with van der Waals surface area (Å²) in [5.74, 6) is -0.210. The lowest BCUT2D eigenvalue weighted by molar-refractivity contribution is -0.141. The summed E-state index contributed by atoms with van der Waals surface area (Å²) in [6.07, 6.45) is 0.814. The van der Waals surface area contributed by atoms with Gasteiger partial charge in [-0.2, -0.15) is 0 Å². The monoisotopic (exact) mass is 189 g/mol. The van der Waals surface area contributed by atoms with Crippen LogP contribution in [0.15, 0.2) is 0 Å². The second-order valence-corrected chi connectivity index (χ2v) is 3.15. The molecule has 0 saturated carbocycles. The van der Waals surface area contributed by atoms with E-state index < -0.39 is 0 Å². The minimum atomic E-state index is -0.303. The van der Waals surface area contributed by atoms with Crippen LogP contribution in [0.1, 0.15) is 19.8 Å². The molecule has 0 aliphatic carbocycles. The van der Waals surface area contributed by atoms with Gasteiger partial charge in [-0.15, -0.1) is 0 Å². The highest BCUT2D eigenvalue weighted by molar-refractivity contribution is 5.69. The summed E-state index contributed by atoms with van der Waals surface area (Å²) in [5.41, 5.74) is 0. The summed E-state index contributed by atoms with van der Waals surface area (Å²) in [4.78, 5) is 12.7. The fourth-order valence-corrected chi connectivity index (χ4v) is 0.964. The van der Waals surface area contributed by atoms with Gasteiger partial charge in [-0.3, -0.25) is 4.79 Å². The number of nitrogens with zero attached hydrogens (tertiary/aromatic N) is 1. The maximum absolute atomic E-state index is 10.8. The highest BCUT2D eigenvalue weighted by Crippen LogP contribution is 1.95. The predicted octanol–water partition coefficient (Wildman–Crippen LogP) is 0.252. The Bertz CT molecular complexity index is 150. The average molecular weight is 189 g/mol. The van der Waals surface area contributed by atoms with Crippen molar-refractivity contribution in [1.29, 1.82) is 0 Å². The van der Waals surface area contributed by atoms with E-state index in [1.54, 1.807) is 0 Å². The van der Waals surface area contributed by atoms with E-state index in [9.17, 15) is 9.90 Å². The molecule has 0 aromatic heterocycles. The van der Waals surface area contributed by atoms with Crippen molar-refractivity contribution in [1.82, 2.24) is 4.90 Å². The Labute approximate surface area is 79.5 Å². The molecule has 0 bridgehead atoms. The zero-order valence-electron chi connectivity index (χ0n) is 8.62. The van der Waals surface area contributed by atoms with Crippen molar-refractivity contribution in [3.05, 3.63) is 0 Å². The summed E-state index contributed by atoms with van der Waals surface area (Å²) in [7, 11) is 3.26. The van der Waals surface area contributed by atoms with Gasteiger partial charge in [-0.25, -0.2) is 0 Å². The first-order chi connectivity index (χ1) is 6.10. The van der Waals surface area contributed by atoms with Gasteiger partial charge in [0.25, 0.3) is 0 Å². The van der Waals surface area contributed by atoms with Crippen molar-refractivity contribution >= 4 is 5.97 Å². The topological polar surface area (TPSA) is 49.8 Å². The molecule has 0 aromatic rings. The maximum atomic E-state index is 10.8. The number of likely N-dealkylation sites (N-methyl/N-ethyl adjacent to an activating group) is 1. The summed E-state index contributed by atoms with van der Waals surface area (Å²) < 4.78 is 4.50. The van der Waals surface area contributed by atoms with Crippen LogP contribution in [0.3, 0.4) is 0 Å². The van der Waals surface area contributed by atoms with Crippen LogP contribution in [0.4, 0.5) is 0 Å². The first-order valence-corrected chi connectivity index (χ1v) is 4.53. The molecule has 0 heterocycles. The van der Waals surface area contributed by atoms with E-state index >= 15 is 0 Å². The molecule has 0 spiro atoms. The molecule has 0 saturated heterocycles. The summed E-state index contributed by atoms with van der Waals surface area (Å²) in [6.45, 7) is 3.16. The second kappa shape index (κ2) is 6.86. The van der Waals surface area contributed by atoms with Crippen LogP contribution >= 0.6 is 0 Å². The molecule has 13 heavy (non-hydrogen) atoms. The van der Waals surface area contributed by atoms with Crippen molar-refractivity contribution < 1.29 is 14.6 Å². The standard InChI is InChI=1S/C9H19NO3/c1-4-8(11)7-10(2)6-5-9(12)13-3/h8,11H,4-7H2,1-3H3. The second-order valence-electron chi connectivity index (χ2n) is 3.15. The molecule has 1 unspecified atom stereocenters. The van der Waals surface area contributed by atoms with Gasteiger partial charge in [0.05, 0.1) is 19.6 Å². The molecule has 0 fully saturated rings. The van der Waals surface area contributed by atoms with Gasteiger partial charge in [0.1, 0.15) is 0 Å². The van der Waals surface area contributed by atoms with Gasteiger partial charge < -0.3 is 14.7 Å². The van der Waals surface area contributed by atoms with E-state index in [2.05, 4.69) is 4.74 Å². The lowest BCUT2D eigenvalue weighted by Gasteiger charge is -2.18. The number of rotatable bonds is 6. The van der Waals surface area contributed by atoms with E-state index in [1.165, 1.54) is 7.11 Å². The van der Waals surface area contributed by atoms with Crippen molar-refractivity contribution in [2.24, 2.45) is 0 Å². The molecule has 1 N–H and O–H groups in total. The molecule has 0 radical (unpaired) electrons. The number of carbonyl (C=O) groups is 1. The van der Waals surface area contributed by atoms with Gasteiger partial charge in [-0.1, -0.05) is 6.92 Å². The molecule has 4 heteroatoms. The zero-order chi connectivity index (χ0) is 10.3. The normalized spacial score (nSPS) is 13.0. The number of carbonyl (C=O) groups excluding carboxylic acids is 1. The first-order valence-electron chi connectivity index (χ1n) is 4.53. The Morgan fingerprint density at radius 2 is 2.23 bits per heavy atom. The van der Waals surface area contributed by atoms with Crippen molar-refractivity contribution in [2.45, 2.75) is 25.9 Å². The van der Waals surface area contributed by atoms with Crippen LogP contribution in [0.25, 0.3) is 0 Å². The lowest BCUT2D eigenvalue weighted by Crippen LogP contribution is -2.30. The number of methoxy groups -OCH3 is 1. The van der Waals surface area contributed by atoms with Gasteiger partial charge in [-0.05, 0) is 13.5 Å². The third-order valence-electron chi connectivity index (χ3n) is 1.92. The maximum Gasteiger partial charge on any atom is 0.306 e. The van der Waals surface area contributed by atoms with Crippen LogP contribution < -0.4 is 0 Å². The molecular weight excluding hydrogens is 170 g/mol. The molecule has 4 nitrogen and oxygen atoms in total. The molecule has 0 aliphatic heterocycles. The summed E-state index contributed by atoms with van der Waals surface area (Å²) in [6, 6.07) is 0. The molecule has 0 aliphatic rings. The quantitative estimate of drug-likeness (QED) is 0.609. The number of aliphatic hydroxyl groups excluding tert-OH is 1. The lowest BCUT2D eigenvalue weighted by atomic mass is 10.2. The van der Waals surface area contributed by atoms with E-state index in [4.69, 9.17) is 0 Å². The van der Waals surface area contributed by atoms with Crippen molar-refractivity contribution in [3.63, 3.8) is 0 Å². The van der Waals surface area contributed by atoms with E-state index in [-0.39, 0.29) is 12.1 Å². The molecule has 0 rings (SSSR count). The van der Waals surface area contributed by atoms with Crippen LogP contribution in [-0.4, -0.2) is 49.3 Å². The van der Waals surface area contributed by atoms with Gasteiger partial charge >= 0.3 is 5.97 Å². The molecule has 0 amide bonds. The zero-order valence-corrected chi connectivity index (χ0v) is 8.62. The number of aliphatic hydroxyl groups is 1. The van der Waals surface area contributed by atoms with Gasteiger partial charge in [0.2, 0.25) is 0 Å². The summed E-state index contributed by atoms with van der Waals surface area (Å²) >= 11 is 0. The van der Waals surface area contributed by atoms with Crippen LogP contribution in [-0.2, 0) is 9.53 Å². The van der Waals surface area contributed by atoms with Gasteiger partial charge in [0.15, 0.2) is 0 Å². The number of hydrogen-bond donors (Lipinski definition) is 1. The van der Waals surface area contributed by atoms with Crippen molar-refractivity contribution in [3.8, 4) is 0 Å². The third kappa shape index (κ3) is 6.54. The Kier molecular flexibility index (Phi) is 6.54. The highest BCUT2D eigenvalue weighted by atomic mass is 16.5. The molecular formula is C9H19NO3. The SMILES string of the molecule is CCC(O)CN(C)CCC(=O)OC. The third-order valence-corrected chi connectivity index (χ3v) is 1.92.